The highest BCUT2D eigenvalue weighted by Crippen LogP contribution is 2.16. The molecule has 0 fully saturated rings. The molecule has 4 nitrogen and oxygen atoms in total. The van der Waals surface area contributed by atoms with Crippen molar-refractivity contribution in [3.8, 4) is 5.75 Å². The van der Waals surface area contributed by atoms with E-state index in [9.17, 15) is 14.3 Å². The van der Waals surface area contributed by atoms with Crippen molar-refractivity contribution in [3.05, 3.63) is 29.6 Å². The number of nitrogens with one attached hydrogen (secondary N) is 1. The van der Waals surface area contributed by atoms with E-state index in [0.717, 1.165) is 18.9 Å². The van der Waals surface area contributed by atoms with Crippen LogP contribution in [0.1, 0.15) is 37.0 Å². The Hall–Kier alpha value is -1.62. The number of carbonyl (C=O) groups excluding carboxylic acids is 1. The van der Waals surface area contributed by atoms with Gasteiger partial charge in [0.25, 0.3) is 5.91 Å². The summed E-state index contributed by atoms with van der Waals surface area (Å²) in [5, 5.41) is 12.5. The lowest BCUT2D eigenvalue weighted by Crippen LogP contribution is -2.36. The minimum absolute atomic E-state index is 0.0532. The van der Waals surface area contributed by atoms with E-state index >= 15 is 0 Å². The monoisotopic (exact) mass is 283 g/mol. The van der Waals surface area contributed by atoms with E-state index in [-0.39, 0.29) is 18.0 Å². The first-order valence-electron chi connectivity index (χ1n) is 6.83. The van der Waals surface area contributed by atoms with Gasteiger partial charge in [0.2, 0.25) is 0 Å². The molecule has 1 atom stereocenters. The smallest absolute Gasteiger partial charge is 0.254 e. The molecule has 1 aromatic rings. The highest BCUT2D eigenvalue weighted by atomic mass is 19.1. The van der Waals surface area contributed by atoms with Crippen molar-refractivity contribution in [3.63, 3.8) is 0 Å². The van der Waals surface area contributed by atoms with Gasteiger partial charge < -0.3 is 15.2 Å². The Kier molecular flexibility index (Phi) is 6.45. The number of hydrogen-bond acceptors (Lipinski definition) is 3. The fraction of sp³-hybridized carbons (Fsp3) is 0.533. The molecule has 0 aliphatic heterocycles. The standard InChI is InChI=1S/C15H22FNO3/c1-4-10(5-2)14(18)9-17-15(19)12-7-6-11(20-3)8-13(12)16/h6-8,10,14,18H,4-5,9H2,1-3H3,(H,17,19). The normalized spacial score (nSPS) is 12.3. The van der Waals surface area contributed by atoms with Gasteiger partial charge in [-0.05, 0) is 18.1 Å². The molecule has 0 saturated heterocycles. The van der Waals surface area contributed by atoms with Gasteiger partial charge in [0.15, 0.2) is 0 Å². The molecular weight excluding hydrogens is 261 g/mol. The summed E-state index contributed by atoms with van der Waals surface area (Å²) in [7, 11) is 1.43. The Bertz CT molecular complexity index is 447. The fourth-order valence-corrected chi connectivity index (χ4v) is 2.10. The van der Waals surface area contributed by atoms with Crippen LogP contribution in [0.3, 0.4) is 0 Å². The summed E-state index contributed by atoms with van der Waals surface area (Å²) in [5.41, 5.74) is -0.0532. The summed E-state index contributed by atoms with van der Waals surface area (Å²) in [4.78, 5) is 11.9. The molecule has 20 heavy (non-hydrogen) atoms. The third kappa shape index (κ3) is 4.20. The number of aliphatic hydroxyl groups excluding tert-OH is 1. The van der Waals surface area contributed by atoms with Gasteiger partial charge in [0.05, 0.1) is 18.8 Å². The van der Waals surface area contributed by atoms with Gasteiger partial charge >= 0.3 is 0 Å². The summed E-state index contributed by atoms with van der Waals surface area (Å²) in [5.74, 6) is -0.679. The van der Waals surface area contributed by atoms with Gasteiger partial charge in [-0.3, -0.25) is 4.79 Å². The third-order valence-electron chi connectivity index (χ3n) is 3.49. The molecule has 1 unspecified atom stereocenters. The second-order valence-corrected chi connectivity index (χ2v) is 4.70. The van der Waals surface area contributed by atoms with Gasteiger partial charge in [-0.2, -0.15) is 0 Å². The number of rotatable bonds is 7. The van der Waals surface area contributed by atoms with Gasteiger partial charge in [0, 0.05) is 12.6 Å². The maximum absolute atomic E-state index is 13.7. The van der Waals surface area contributed by atoms with Crippen molar-refractivity contribution >= 4 is 5.91 Å². The summed E-state index contributed by atoms with van der Waals surface area (Å²) >= 11 is 0. The zero-order valence-corrected chi connectivity index (χ0v) is 12.1. The Morgan fingerprint density at radius 1 is 1.40 bits per heavy atom. The lowest BCUT2D eigenvalue weighted by atomic mass is 9.96. The van der Waals surface area contributed by atoms with Crippen LogP contribution in [0.15, 0.2) is 18.2 Å². The van der Waals surface area contributed by atoms with Crippen LogP contribution in [0.5, 0.6) is 5.75 Å². The first-order valence-corrected chi connectivity index (χ1v) is 6.83. The maximum Gasteiger partial charge on any atom is 0.254 e. The summed E-state index contributed by atoms with van der Waals surface area (Å²) < 4.78 is 18.6. The number of hydrogen-bond donors (Lipinski definition) is 2. The molecule has 5 heteroatoms. The molecular formula is C15H22FNO3. The SMILES string of the molecule is CCC(CC)C(O)CNC(=O)c1ccc(OC)cc1F. The lowest BCUT2D eigenvalue weighted by molar-refractivity contribution is 0.0813. The number of halogens is 1. The molecule has 0 aliphatic carbocycles. The zero-order valence-electron chi connectivity index (χ0n) is 12.1. The molecule has 0 aliphatic rings. The topological polar surface area (TPSA) is 58.6 Å². The first-order chi connectivity index (χ1) is 9.53. The van der Waals surface area contributed by atoms with E-state index in [1.807, 2.05) is 13.8 Å². The van der Waals surface area contributed by atoms with Crippen molar-refractivity contribution in [2.24, 2.45) is 5.92 Å². The second kappa shape index (κ2) is 7.85. The van der Waals surface area contributed by atoms with Crippen molar-refractivity contribution < 1.29 is 19.0 Å². The van der Waals surface area contributed by atoms with Crippen LogP contribution in [-0.4, -0.2) is 30.8 Å². The summed E-state index contributed by atoms with van der Waals surface area (Å²) in [6.45, 7) is 4.10. The molecule has 0 bridgehead atoms. The lowest BCUT2D eigenvalue weighted by Gasteiger charge is -2.20. The van der Waals surface area contributed by atoms with Crippen LogP contribution in [-0.2, 0) is 0 Å². The number of amides is 1. The van der Waals surface area contributed by atoms with Crippen molar-refractivity contribution in [2.45, 2.75) is 32.8 Å². The first kappa shape index (κ1) is 16.4. The minimum atomic E-state index is -0.640. The second-order valence-electron chi connectivity index (χ2n) is 4.70. The fourth-order valence-electron chi connectivity index (χ4n) is 2.10. The quantitative estimate of drug-likeness (QED) is 0.807. The van der Waals surface area contributed by atoms with Crippen molar-refractivity contribution in [1.29, 1.82) is 0 Å². The van der Waals surface area contributed by atoms with Gasteiger partial charge in [-0.1, -0.05) is 26.7 Å². The van der Waals surface area contributed by atoms with E-state index in [0.29, 0.717) is 5.75 Å². The Morgan fingerprint density at radius 3 is 2.55 bits per heavy atom. The average Bonchev–Trinajstić information content (AvgIpc) is 2.45. The van der Waals surface area contributed by atoms with Crippen LogP contribution in [0.2, 0.25) is 0 Å². The van der Waals surface area contributed by atoms with E-state index in [4.69, 9.17) is 4.74 Å². The largest absolute Gasteiger partial charge is 0.497 e. The summed E-state index contributed by atoms with van der Waals surface area (Å²) in [6.07, 6.45) is 1.06. The van der Waals surface area contributed by atoms with E-state index in [1.54, 1.807) is 0 Å². The molecule has 0 heterocycles. The highest BCUT2D eigenvalue weighted by molar-refractivity contribution is 5.94. The highest BCUT2D eigenvalue weighted by Gasteiger charge is 2.18. The summed E-state index contributed by atoms with van der Waals surface area (Å²) in [6, 6.07) is 4.05. The van der Waals surface area contributed by atoms with E-state index in [1.165, 1.54) is 19.2 Å². The van der Waals surface area contributed by atoms with Crippen molar-refractivity contribution in [1.82, 2.24) is 5.32 Å². The van der Waals surface area contributed by atoms with Crippen LogP contribution >= 0.6 is 0 Å². The predicted molar refractivity (Wildman–Crippen MR) is 75.4 cm³/mol. The van der Waals surface area contributed by atoms with Crippen LogP contribution < -0.4 is 10.1 Å². The molecule has 1 aromatic carbocycles. The average molecular weight is 283 g/mol. The van der Waals surface area contributed by atoms with E-state index < -0.39 is 17.8 Å². The van der Waals surface area contributed by atoms with Gasteiger partial charge in [0.1, 0.15) is 11.6 Å². The number of carbonyl (C=O) groups is 1. The van der Waals surface area contributed by atoms with Crippen LogP contribution in [0.4, 0.5) is 4.39 Å². The number of benzene rings is 1. The Labute approximate surface area is 119 Å². The number of ether oxygens (including phenoxy) is 1. The third-order valence-corrected chi connectivity index (χ3v) is 3.49. The molecule has 0 aromatic heterocycles. The van der Waals surface area contributed by atoms with Crippen molar-refractivity contribution in [2.75, 3.05) is 13.7 Å². The molecule has 112 valence electrons. The van der Waals surface area contributed by atoms with Gasteiger partial charge in [-0.15, -0.1) is 0 Å². The zero-order chi connectivity index (χ0) is 15.1. The minimum Gasteiger partial charge on any atom is -0.497 e. The molecule has 0 saturated carbocycles. The maximum atomic E-state index is 13.7. The Balaban J connectivity index is 2.63. The van der Waals surface area contributed by atoms with Gasteiger partial charge in [-0.25, -0.2) is 4.39 Å². The molecule has 1 amide bonds. The van der Waals surface area contributed by atoms with Crippen LogP contribution in [0, 0.1) is 11.7 Å². The Morgan fingerprint density at radius 2 is 2.05 bits per heavy atom. The molecule has 1 rings (SSSR count). The van der Waals surface area contributed by atoms with E-state index in [2.05, 4.69) is 5.32 Å². The predicted octanol–water partition coefficient (Wildman–Crippen LogP) is 2.36. The van der Waals surface area contributed by atoms with Crippen LogP contribution in [0.25, 0.3) is 0 Å². The number of methoxy groups -OCH3 is 1. The molecule has 2 N–H and O–H groups in total. The molecule has 0 spiro atoms. The number of aliphatic hydroxyl groups is 1. The molecule has 0 radical (unpaired) electrons.